The summed E-state index contributed by atoms with van der Waals surface area (Å²) in [6.45, 7) is 0.615. The van der Waals surface area contributed by atoms with Crippen molar-refractivity contribution in [2.75, 3.05) is 19.8 Å². The molecule has 2 aliphatic rings. The quantitative estimate of drug-likeness (QED) is 0.528. The summed E-state index contributed by atoms with van der Waals surface area (Å²) in [5, 5.41) is 13.5. The third-order valence-electron chi connectivity index (χ3n) is 6.04. The molecular weight excluding hydrogens is 464 g/mol. The Hall–Kier alpha value is -3.21. The first kappa shape index (κ1) is 22.6. The molecule has 0 unspecified atom stereocenters. The van der Waals surface area contributed by atoms with Crippen molar-refractivity contribution in [3.63, 3.8) is 0 Å². The normalized spacial score (nSPS) is 19.8. The van der Waals surface area contributed by atoms with E-state index in [9.17, 15) is 23.5 Å². The standard InChI is InChI=1S/C24H21F2N3O4S/c25-16-6-5-13-15(20(16)26)12-34-18-4-2-1-3-14(18)21(13)28-19-11-33-10-9-29(19)24(32)22-23(31)17(30)7-8-27-22/h1-8,19,21,28,31H,9-12H2,(H,27,30)/t19-,21-/m0/s1. The molecule has 1 fully saturated rings. The van der Waals surface area contributed by atoms with Crippen molar-refractivity contribution in [2.24, 2.45) is 0 Å². The van der Waals surface area contributed by atoms with Crippen molar-refractivity contribution in [2.45, 2.75) is 22.9 Å². The van der Waals surface area contributed by atoms with Gasteiger partial charge in [0.25, 0.3) is 5.91 Å². The molecule has 3 heterocycles. The van der Waals surface area contributed by atoms with Crippen molar-refractivity contribution in [3.05, 3.63) is 92.9 Å². The fourth-order valence-electron chi connectivity index (χ4n) is 4.33. The van der Waals surface area contributed by atoms with Gasteiger partial charge in [0.1, 0.15) is 6.17 Å². The Morgan fingerprint density at radius 3 is 2.85 bits per heavy atom. The predicted octanol–water partition coefficient (Wildman–Crippen LogP) is 3.14. The maximum Gasteiger partial charge on any atom is 0.275 e. The molecule has 2 atom stereocenters. The Morgan fingerprint density at radius 1 is 1.18 bits per heavy atom. The molecule has 0 radical (unpaired) electrons. The van der Waals surface area contributed by atoms with Gasteiger partial charge in [0.2, 0.25) is 5.43 Å². The Labute approximate surface area is 197 Å². The van der Waals surface area contributed by atoms with Gasteiger partial charge in [-0.15, -0.1) is 11.8 Å². The number of pyridine rings is 1. The van der Waals surface area contributed by atoms with Crippen LogP contribution >= 0.6 is 11.8 Å². The van der Waals surface area contributed by atoms with E-state index in [0.717, 1.165) is 22.6 Å². The van der Waals surface area contributed by atoms with Crippen LogP contribution in [0.25, 0.3) is 0 Å². The molecule has 5 rings (SSSR count). The number of aromatic amines is 1. The summed E-state index contributed by atoms with van der Waals surface area (Å²) in [6, 6.07) is 10.8. The second-order valence-electron chi connectivity index (χ2n) is 8.01. The Bertz CT molecular complexity index is 1320. The first-order valence-corrected chi connectivity index (χ1v) is 11.7. The molecule has 176 valence electrons. The fourth-order valence-corrected chi connectivity index (χ4v) is 5.45. The molecule has 1 saturated heterocycles. The van der Waals surface area contributed by atoms with Crippen LogP contribution in [0.5, 0.6) is 5.75 Å². The first-order chi connectivity index (χ1) is 16.5. The number of aromatic nitrogens is 1. The number of hydrogen-bond acceptors (Lipinski definition) is 6. The number of nitrogens with one attached hydrogen (secondary N) is 2. The summed E-state index contributed by atoms with van der Waals surface area (Å²) in [5.41, 5.74) is 0.822. The zero-order valence-corrected chi connectivity index (χ0v) is 18.7. The van der Waals surface area contributed by atoms with Gasteiger partial charge in [-0.1, -0.05) is 24.3 Å². The van der Waals surface area contributed by atoms with Gasteiger partial charge < -0.3 is 19.7 Å². The number of nitrogens with zero attached hydrogens (tertiary/aromatic N) is 1. The number of benzene rings is 2. The molecule has 0 saturated carbocycles. The van der Waals surface area contributed by atoms with Gasteiger partial charge in [-0.05, 0) is 23.3 Å². The number of H-pyrrole nitrogens is 1. The van der Waals surface area contributed by atoms with Gasteiger partial charge in [-0.25, -0.2) is 8.78 Å². The number of thioether (sulfide) groups is 1. The molecule has 0 aliphatic carbocycles. The van der Waals surface area contributed by atoms with E-state index in [1.807, 2.05) is 24.3 Å². The summed E-state index contributed by atoms with van der Waals surface area (Å²) >= 11 is 1.42. The fraction of sp³-hybridized carbons (Fsp3) is 0.250. The molecule has 2 aliphatic heterocycles. The molecule has 3 N–H and O–H groups in total. The van der Waals surface area contributed by atoms with Crippen LogP contribution in [0, 0.1) is 11.6 Å². The highest BCUT2D eigenvalue weighted by atomic mass is 32.2. The maximum atomic E-state index is 14.8. The number of carbonyl (C=O) groups excluding carboxylic acids is 1. The Morgan fingerprint density at radius 2 is 2.00 bits per heavy atom. The second-order valence-corrected chi connectivity index (χ2v) is 9.03. The summed E-state index contributed by atoms with van der Waals surface area (Å²) in [6.07, 6.45) is 0.635. The lowest BCUT2D eigenvalue weighted by Crippen LogP contribution is -2.56. The largest absolute Gasteiger partial charge is 0.503 e. The van der Waals surface area contributed by atoms with E-state index >= 15 is 0 Å². The van der Waals surface area contributed by atoms with Crippen LogP contribution < -0.4 is 10.7 Å². The van der Waals surface area contributed by atoms with Crippen molar-refractivity contribution < 1.29 is 23.4 Å². The van der Waals surface area contributed by atoms with E-state index in [4.69, 9.17) is 4.74 Å². The van der Waals surface area contributed by atoms with Crippen LogP contribution in [-0.4, -0.2) is 46.8 Å². The number of halogens is 2. The molecular formula is C24H21F2N3O4S. The average Bonchev–Trinajstić information content (AvgIpc) is 3.01. The minimum atomic E-state index is -0.912. The summed E-state index contributed by atoms with van der Waals surface area (Å²) in [5.74, 6) is -2.76. The van der Waals surface area contributed by atoms with Gasteiger partial charge in [0.05, 0.1) is 19.3 Å². The van der Waals surface area contributed by atoms with E-state index in [1.54, 1.807) is 6.07 Å². The number of carbonyl (C=O) groups is 1. The van der Waals surface area contributed by atoms with Crippen molar-refractivity contribution in [3.8, 4) is 5.75 Å². The zero-order valence-electron chi connectivity index (χ0n) is 17.9. The first-order valence-electron chi connectivity index (χ1n) is 10.7. The highest BCUT2D eigenvalue weighted by molar-refractivity contribution is 7.98. The minimum absolute atomic E-state index is 0.133. The van der Waals surface area contributed by atoms with Crippen molar-refractivity contribution in [1.29, 1.82) is 0 Å². The molecule has 0 spiro atoms. The number of fused-ring (bicyclic) bond motifs is 2. The molecule has 34 heavy (non-hydrogen) atoms. The van der Waals surface area contributed by atoms with Crippen molar-refractivity contribution >= 4 is 17.7 Å². The van der Waals surface area contributed by atoms with E-state index in [1.165, 1.54) is 22.9 Å². The van der Waals surface area contributed by atoms with Crippen LogP contribution in [0.4, 0.5) is 8.78 Å². The second kappa shape index (κ2) is 9.21. The monoisotopic (exact) mass is 485 g/mol. The third kappa shape index (κ3) is 3.97. The highest BCUT2D eigenvalue weighted by Crippen LogP contribution is 2.41. The Kier molecular flexibility index (Phi) is 6.11. The lowest BCUT2D eigenvalue weighted by atomic mass is 9.94. The van der Waals surface area contributed by atoms with Crippen LogP contribution in [0.3, 0.4) is 0 Å². The van der Waals surface area contributed by atoms with E-state index in [-0.39, 0.29) is 36.8 Å². The van der Waals surface area contributed by atoms with E-state index in [2.05, 4.69) is 10.3 Å². The highest BCUT2D eigenvalue weighted by Gasteiger charge is 2.35. The molecule has 10 heteroatoms. The van der Waals surface area contributed by atoms with Gasteiger partial charge in [-0.3, -0.25) is 14.9 Å². The lowest BCUT2D eigenvalue weighted by Gasteiger charge is -2.38. The Balaban J connectivity index is 1.55. The molecule has 1 amide bonds. The number of aromatic hydroxyl groups is 1. The molecule has 1 aromatic heterocycles. The molecule has 3 aromatic rings. The molecule has 0 bridgehead atoms. The zero-order chi connectivity index (χ0) is 23.8. The van der Waals surface area contributed by atoms with Gasteiger partial charge >= 0.3 is 0 Å². The number of hydrogen-bond donors (Lipinski definition) is 3. The predicted molar refractivity (Wildman–Crippen MR) is 122 cm³/mol. The lowest BCUT2D eigenvalue weighted by molar-refractivity contribution is -0.0151. The topological polar surface area (TPSA) is 94.7 Å². The number of morpholine rings is 1. The maximum absolute atomic E-state index is 14.8. The minimum Gasteiger partial charge on any atom is -0.503 e. The van der Waals surface area contributed by atoms with Crippen LogP contribution in [0.15, 0.2) is 58.4 Å². The number of rotatable bonds is 3. The summed E-state index contributed by atoms with van der Waals surface area (Å²) in [4.78, 5) is 30.1. The van der Waals surface area contributed by atoms with Crippen LogP contribution in [0.1, 0.15) is 33.2 Å². The SMILES string of the molecule is O=C(c1[nH]ccc(=O)c1O)N1CCOC[C@H]1N[C@@H]1c2ccccc2SCc2c1ccc(F)c2F. The van der Waals surface area contributed by atoms with Gasteiger partial charge in [0.15, 0.2) is 23.1 Å². The van der Waals surface area contributed by atoms with Gasteiger partial charge in [0, 0.05) is 35.0 Å². The third-order valence-corrected chi connectivity index (χ3v) is 7.16. The van der Waals surface area contributed by atoms with E-state index in [0.29, 0.717) is 5.56 Å². The number of amides is 1. The van der Waals surface area contributed by atoms with Crippen LogP contribution in [-0.2, 0) is 10.5 Å². The van der Waals surface area contributed by atoms with Crippen LogP contribution in [0.2, 0.25) is 0 Å². The summed E-state index contributed by atoms with van der Waals surface area (Å²) < 4.78 is 34.4. The molecule has 2 aromatic carbocycles. The van der Waals surface area contributed by atoms with E-state index < -0.39 is 40.9 Å². The number of ether oxygens (including phenoxy) is 1. The average molecular weight is 486 g/mol. The molecule has 7 nitrogen and oxygen atoms in total. The van der Waals surface area contributed by atoms with Gasteiger partial charge in [-0.2, -0.15) is 0 Å². The van der Waals surface area contributed by atoms with Crippen molar-refractivity contribution in [1.82, 2.24) is 15.2 Å². The smallest absolute Gasteiger partial charge is 0.275 e. The summed E-state index contributed by atoms with van der Waals surface area (Å²) in [7, 11) is 0.